The van der Waals surface area contributed by atoms with Crippen LogP contribution in [0.25, 0.3) is 0 Å². The summed E-state index contributed by atoms with van der Waals surface area (Å²) in [7, 11) is -3.66. The van der Waals surface area contributed by atoms with Crippen LogP contribution in [0.1, 0.15) is 6.92 Å². The van der Waals surface area contributed by atoms with Gasteiger partial charge in [0.05, 0.1) is 4.99 Å². The third-order valence-electron chi connectivity index (χ3n) is 1.97. The maximum atomic E-state index is 12.6. The predicted molar refractivity (Wildman–Crippen MR) is 65.2 cm³/mol. The molecule has 0 saturated heterocycles. The van der Waals surface area contributed by atoms with E-state index in [2.05, 4.69) is 16.9 Å². The molecule has 0 saturated carbocycles. The largest absolute Gasteiger partial charge is 0.392 e. The number of anilines is 1. The van der Waals surface area contributed by atoms with E-state index in [1.165, 1.54) is 19.1 Å². The molecule has 0 aliphatic carbocycles. The van der Waals surface area contributed by atoms with Crippen molar-refractivity contribution in [3.8, 4) is 0 Å². The second-order valence-corrected chi connectivity index (χ2v) is 5.67. The Morgan fingerprint density at radius 1 is 1.44 bits per heavy atom. The van der Waals surface area contributed by atoms with Gasteiger partial charge in [-0.15, -0.1) is 0 Å². The Hall–Kier alpha value is -1.21. The summed E-state index contributed by atoms with van der Waals surface area (Å²) in [5.41, 5.74) is 5.52. The number of rotatable bonds is 4. The van der Waals surface area contributed by atoms with Crippen LogP contribution in [0, 0.1) is 5.82 Å². The fraction of sp³-hybridized carbons (Fsp3) is 0.222. The Labute approximate surface area is 98.7 Å². The van der Waals surface area contributed by atoms with Gasteiger partial charge in [0.15, 0.2) is 0 Å². The number of nitrogens with two attached hydrogens (primary N) is 1. The molecule has 0 heterocycles. The standard InChI is InChI=1S/C9H11FN2O2S2/c1-6(9(11)15)16(13,14)12-8-4-2-7(10)3-5-8/h2-6,12H,1H3,(H2,11,15). The van der Waals surface area contributed by atoms with E-state index in [9.17, 15) is 12.8 Å². The Balaban J connectivity index is 2.89. The van der Waals surface area contributed by atoms with Gasteiger partial charge >= 0.3 is 0 Å². The highest BCUT2D eigenvalue weighted by Gasteiger charge is 2.22. The molecule has 1 aromatic rings. The summed E-state index contributed by atoms with van der Waals surface area (Å²) in [6.07, 6.45) is 0. The quantitative estimate of drug-likeness (QED) is 0.801. The monoisotopic (exact) mass is 262 g/mol. The topological polar surface area (TPSA) is 72.2 Å². The van der Waals surface area contributed by atoms with Gasteiger partial charge in [0.2, 0.25) is 10.0 Å². The lowest BCUT2D eigenvalue weighted by Gasteiger charge is -2.13. The van der Waals surface area contributed by atoms with Gasteiger partial charge in [-0.25, -0.2) is 12.8 Å². The van der Waals surface area contributed by atoms with Crippen molar-refractivity contribution in [3.05, 3.63) is 30.1 Å². The minimum absolute atomic E-state index is 0.116. The highest BCUT2D eigenvalue weighted by atomic mass is 32.2. The fourth-order valence-corrected chi connectivity index (χ4v) is 2.25. The average molecular weight is 262 g/mol. The van der Waals surface area contributed by atoms with Crippen molar-refractivity contribution in [2.75, 3.05) is 4.72 Å². The predicted octanol–water partition coefficient (Wildman–Crippen LogP) is 1.24. The van der Waals surface area contributed by atoms with Crippen molar-refractivity contribution in [1.82, 2.24) is 0 Å². The second kappa shape index (κ2) is 4.75. The minimum atomic E-state index is -3.66. The van der Waals surface area contributed by atoms with Gasteiger partial charge < -0.3 is 5.73 Å². The number of thiocarbonyl (C=S) groups is 1. The number of hydrogen-bond acceptors (Lipinski definition) is 3. The van der Waals surface area contributed by atoms with Gasteiger partial charge in [0.25, 0.3) is 0 Å². The Morgan fingerprint density at radius 3 is 2.38 bits per heavy atom. The molecule has 7 heteroatoms. The average Bonchev–Trinajstić information content (AvgIpc) is 2.20. The molecule has 0 amide bonds. The lowest BCUT2D eigenvalue weighted by Crippen LogP contribution is -2.35. The van der Waals surface area contributed by atoms with Crippen molar-refractivity contribution in [2.45, 2.75) is 12.2 Å². The lowest BCUT2D eigenvalue weighted by atomic mass is 10.3. The zero-order chi connectivity index (χ0) is 12.3. The molecule has 1 atom stereocenters. The molecule has 3 N–H and O–H groups in total. The highest BCUT2D eigenvalue weighted by Crippen LogP contribution is 2.12. The Kier molecular flexibility index (Phi) is 3.82. The summed E-state index contributed by atoms with van der Waals surface area (Å²) in [6.45, 7) is 1.38. The Bertz CT molecular complexity index is 485. The second-order valence-electron chi connectivity index (χ2n) is 3.20. The van der Waals surface area contributed by atoms with Crippen LogP contribution in [0.2, 0.25) is 0 Å². The van der Waals surface area contributed by atoms with Gasteiger partial charge in [-0.05, 0) is 31.2 Å². The fourth-order valence-electron chi connectivity index (χ4n) is 0.924. The van der Waals surface area contributed by atoms with Crippen molar-refractivity contribution in [1.29, 1.82) is 0 Å². The van der Waals surface area contributed by atoms with E-state index in [0.29, 0.717) is 0 Å². The smallest absolute Gasteiger partial charge is 0.241 e. The van der Waals surface area contributed by atoms with E-state index in [1.807, 2.05) is 0 Å². The van der Waals surface area contributed by atoms with E-state index >= 15 is 0 Å². The van der Waals surface area contributed by atoms with Crippen molar-refractivity contribution in [3.63, 3.8) is 0 Å². The van der Waals surface area contributed by atoms with Crippen molar-refractivity contribution < 1.29 is 12.8 Å². The first-order valence-electron chi connectivity index (χ1n) is 4.39. The first-order chi connectivity index (χ1) is 7.33. The maximum absolute atomic E-state index is 12.6. The van der Waals surface area contributed by atoms with Gasteiger partial charge in [-0.3, -0.25) is 4.72 Å². The molecule has 16 heavy (non-hydrogen) atoms. The molecular formula is C9H11FN2O2S2. The third-order valence-corrected chi connectivity index (χ3v) is 4.18. The van der Waals surface area contributed by atoms with Gasteiger partial charge in [0, 0.05) is 5.69 Å². The minimum Gasteiger partial charge on any atom is -0.392 e. The van der Waals surface area contributed by atoms with Crippen LogP contribution in [-0.2, 0) is 10.0 Å². The zero-order valence-corrected chi connectivity index (χ0v) is 10.1. The van der Waals surface area contributed by atoms with Crippen LogP contribution >= 0.6 is 12.2 Å². The van der Waals surface area contributed by atoms with E-state index in [1.54, 1.807) is 0 Å². The van der Waals surface area contributed by atoms with E-state index < -0.39 is 21.1 Å². The summed E-state index contributed by atoms with van der Waals surface area (Å²) in [4.78, 5) is -0.116. The molecule has 0 aliphatic heterocycles. The number of benzene rings is 1. The Morgan fingerprint density at radius 2 is 1.94 bits per heavy atom. The van der Waals surface area contributed by atoms with Gasteiger partial charge in [0.1, 0.15) is 11.1 Å². The van der Waals surface area contributed by atoms with Crippen LogP contribution in [0.4, 0.5) is 10.1 Å². The molecular weight excluding hydrogens is 251 g/mol. The molecule has 1 unspecified atom stereocenters. The molecule has 0 spiro atoms. The molecule has 4 nitrogen and oxygen atoms in total. The zero-order valence-electron chi connectivity index (χ0n) is 8.48. The molecule has 0 fully saturated rings. The number of sulfonamides is 1. The van der Waals surface area contributed by atoms with Crippen LogP contribution in [0.15, 0.2) is 24.3 Å². The summed E-state index contributed by atoms with van der Waals surface area (Å²) in [5.74, 6) is -0.439. The highest BCUT2D eigenvalue weighted by molar-refractivity contribution is 7.95. The number of halogens is 1. The molecule has 1 aromatic carbocycles. The normalized spacial score (nSPS) is 13.1. The lowest BCUT2D eigenvalue weighted by molar-refractivity contribution is 0.598. The van der Waals surface area contributed by atoms with Crippen LogP contribution in [0.5, 0.6) is 0 Å². The maximum Gasteiger partial charge on any atom is 0.241 e. The van der Waals surface area contributed by atoms with E-state index in [4.69, 9.17) is 5.73 Å². The van der Waals surface area contributed by atoms with Gasteiger partial charge in [-0.2, -0.15) is 0 Å². The van der Waals surface area contributed by atoms with Crippen LogP contribution in [0.3, 0.4) is 0 Å². The number of nitrogens with one attached hydrogen (secondary N) is 1. The summed E-state index contributed by atoms with van der Waals surface area (Å²) in [6, 6.07) is 4.95. The van der Waals surface area contributed by atoms with Gasteiger partial charge in [-0.1, -0.05) is 12.2 Å². The summed E-state index contributed by atoms with van der Waals surface area (Å²) in [5, 5.41) is -0.979. The molecule has 1 rings (SSSR count). The SMILES string of the molecule is CC(C(N)=S)S(=O)(=O)Nc1ccc(F)cc1. The van der Waals surface area contributed by atoms with Crippen molar-refractivity contribution in [2.24, 2.45) is 5.73 Å². The molecule has 0 radical (unpaired) electrons. The van der Waals surface area contributed by atoms with Crippen LogP contribution < -0.4 is 10.5 Å². The van der Waals surface area contributed by atoms with Crippen LogP contribution in [-0.4, -0.2) is 18.7 Å². The first-order valence-corrected chi connectivity index (χ1v) is 6.35. The molecule has 88 valence electrons. The number of hydrogen-bond donors (Lipinski definition) is 2. The first kappa shape index (κ1) is 12.9. The summed E-state index contributed by atoms with van der Waals surface area (Å²) < 4.78 is 38.2. The molecule has 0 aromatic heterocycles. The van der Waals surface area contributed by atoms with E-state index in [-0.39, 0.29) is 10.7 Å². The third kappa shape index (κ3) is 3.14. The van der Waals surface area contributed by atoms with E-state index in [0.717, 1.165) is 12.1 Å². The van der Waals surface area contributed by atoms with Crippen molar-refractivity contribution >= 4 is 32.9 Å². The summed E-state index contributed by atoms with van der Waals surface area (Å²) >= 11 is 4.60. The molecule has 0 aliphatic rings. The molecule has 0 bridgehead atoms.